The lowest BCUT2D eigenvalue weighted by Gasteiger charge is -2.12. The quantitative estimate of drug-likeness (QED) is 0.927. The van der Waals surface area contributed by atoms with Crippen LogP contribution in [-0.2, 0) is 6.42 Å². The Kier molecular flexibility index (Phi) is 4.22. The first kappa shape index (κ1) is 13.3. The van der Waals surface area contributed by atoms with Crippen LogP contribution in [0.1, 0.15) is 16.5 Å². The van der Waals surface area contributed by atoms with Crippen molar-refractivity contribution in [2.24, 2.45) is 5.73 Å². The fourth-order valence-electron chi connectivity index (χ4n) is 1.71. The van der Waals surface area contributed by atoms with Gasteiger partial charge in [-0.05, 0) is 29.8 Å². The number of hydrogen-bond acceptors (Lipinski definition) is 3. The fourth-order valence-corrected chi connectivity index (χ4v) is 2.86. The Labute approximate surface area is 114 Å². The van der Waals surface area contributed by atoms with Crippen LogP contribution in [0.2, 0.25) is 4.34 Å². The van der Waals surface area contributed by atoms with Crippen LogP contribution in [0.3, 0.4) is 0 Å². The van der Waals surface area contributed by atoms with E-state index in [9.17, 15) is 4.39 Å². The van der Waals surface area contributed by atoms with Crippen molar-refractivity contribution in [3.05, 3.63) is 50.9 Å². The van der Waals surface area contributed by atoms with Gasteiger partial charge in [0.2, 0.25) is 0 Å². The predicted molar refractivity (Wildman–Crippen MR) is 72.9 cm³/mol. The summed E-state index contributed by atoms with van der Waals surface area (Å²) in [5.41, 5.74) is 6.80. The number of rotatable bonds is 4. The molecule has 1 atom stereocenters. The van der Waals surface area contributed by atoms with Crippen LogP contribution in [-0.4, -0.2) is 7.11 Å². The molecule has 0 aliphatic heterocycles. The van der Waals surface area contributed by atoms with E-state index in [1.807, 2.05) is 12.1 Å². The molecule has 0 amide bonds. The number of thiophene rings is 1. The van der Waals surface area contributed by atoms with Gasteiger partial charge < -0.3 is 10.5 Å². The molecule has 5 heteroatoms. The minimum atomic E-state index is -0.394. The van der Waals surface area contributed by atoms with E-state index in [0.717, 1.165) is 14.8 Å². The third-order valence-corrected chi connectivity index (χ3v) is 3.91. The second kappa shape index (κ2) is 5.69. The molecule has 0 radical (unpaired) electrons. The van der Waals surface area contributed by atoms with E-state index in [1.165, 1.54) is 24.5 Å². The van der Waals surface area contributed by atoms with E-state index >= 15 is 0 Å². The van der Waals surface area contributed by atoms with Crippen LogP contribution in [0.15, 0.2) is 30.3 Å². The first-order chi connectivity index (χ1) is 8.60. The number of halogens is 2. The molecule has 1 aromatic heterocycles. The molecule has 0 spiro atoms. The molecular weight excluding hydrogens is 273 g/mol. The normalized spacial score (nSPS) is 12.4. The smallest absolute Gasteiger partial charge is 0.165 e. The summed E-state index contributed by atoms with van der Waals surface area (Å²) < 4.78 is 19.2. The summed E-state index contributed by atoms with van der Waals surface area (Å²) in [6.07, 6.45) is 0.642. The van der Waals surface area contributed by atoms with Gasteiger partial charge >= 0.3 is 0 Å². The molecule has 1 aromatic carbocycles. The van der Waals surface area contributed by atoms with Gasteiger partial charge in [-0.2, -0.15) is 0 Å². The maximum atomic E-state index is 13.6. The van der Waals surface area contributed by atoms with Crippen molar-refractivity contribution >= 4 is 22.9 Å². The fraction of sp³-hybridized carbons (Fsp3) is 0.231. The maximum absolute atomic E-state index is 13.6. The van der Waals surface area contributed by atoms with Gasteiger partial charge in [0, 0.05) is 17.3 Å². The van der Waals surface area contributed by atoms with Gasteiger partial charge in [-0.3, -0.25) is 0 Å². The van der Waals surface area contributed by atoms with Crippen LogP contribution in [0.25, 0.3) is 0 Å². The number of nitrogens with two attached hydrogens (primary N) is 1. The lowest BCUT2D eigenvalue weighted by Crippen LogP contribution is -2.13. The van der Waals surface area contributed by atoms with Gasteiger partial charge in [0.25, 0.3) is 0 Å². The van der Waals surface area contributed by atoms with Crippen molar-refractivity contribution in [3.8, 4) is 5.75 Å². The highest BCUT2D eigenvalue weighted by Crippen LogP contribution is 2.27. The molecule has 0 bridgehead atoms. The van der Waals surface area contributed by atoms with E-state index in [-0.39, 0.29) is 11.8 Å². The molecule has 2 rings (SSSR count). The van der Waals surface area contributed by atoms with Crippen LogP contribution >= 0.6 is 22.9 Å². The van der Waals surface area contributed by atoms with Crippen molar-refractivity contribution < 1.29 is 9.13 Å². The highest BCUT2D eigenvalue weighted by molar-refractivity contribution is 7.16. The van der Waals surface area contributed by atoms with Gasteiger partial charge in [-0.1, -0.05) is 17.7 Å². The van der Waals surface area contributed by atoms with Crippen LogP contribution in [0, 0.1) is 5.82 Å². The molecule has 0 aliphatic rings. The van der Waals surface area contributed by atoms with Gasteiger partial charge in [0.05, 0.1) is 11.4 Å². The second-order valence-corrected chi connectivity index (χ2v) is 5.71. The van der Waals surface area contributed by atoms with Crippen molar-refractivity contribution in [1.29, 1.82) is 0 Å². The summed E-state index contributed by atoms with van der Waals surface area (Å²) >= 11 is 7.35. The zero-order valence-corrected chi connectivity index (χ0v) is 11.4. The van der Waals surface area contributed by atoms with E-state index in [4.69, 9.17) is 22.1 Å². The minimum absolute atomic E-state index is 0.227. The third-order valence-electron chi connectivity index (χ3n) is 2.65. The molecule has 1 heterocycles. The molecule has 0 saturated heterocycles. The maximum Gasteiger partial charge on any atom is 0.165 e. The van der Waals surface area contributed by atoms with Crippen molar-refractivity contribution in [1.82, 2.24) is 0 Å². The second-order valence-electron chi connectivity index (χ2n) is 3.91. The van der Waals surface area contributed by atoms with Gasteiger partial charge in [0.1, 0.15) is 0 Å². The number of ether oxygens (including phenoxy) is 1. The highest BCUT2D eigenvalue weighted by atomic mass is 35.5. The Morgan fingerprint density at radius 3 is 2.72 bits per heavy atom. The third kappa shape index (κ3) is 3.02. The number of benzene rings is 1. The van der Waals surface area contributed by atoms with Gasteiger partial charge in [-0.25, -0.2) is 4.39 Å². The molecular formula is C13H13ClFNOS. The molecule has 2 aromatic rings. The summed E-state index contributed by atoms with van der Waals surface area (Å²) in [4.78, 5) is 1.09. The highest BCUT2D eigenvalue weighted by Gasteiger charge is 2.11. The van der Waals surface area contributed by atoms with Crippen molar-refractivity contribution in [2.75, 3.05) is 7.11 Å². The van der Waals surface area contributed by atoms with E-state index in [1.54, 1.807) is 12.1 Å². The largest absolute Gasteiger partial charge is 0.494 e. The Hall–Kier alpha value is -1.10. The molecule has 96 valence electrons. The summed E-state index contributed by atoms with van der Waals surface area (Å²) in [6.45, 7) is 0. The first-order valence-electron chi connectivity index (χ1n) is 5.43. The Morgan fingerprint density at radius 2 is 2.17 bits per heavy atom. The number of hydrogen-bond donors (Lipinski definition) is 1. The Bertz CT molecular complexity index is 544. The topological polar surface area (TPSA) is 35.2 Å². The average molecular weight is 286 g/mol. The predicted octanol–water partition coefficient (Wildman–Crippen LogP) is 3.79. The molecule has 0 aliphatic carbocycles. The monoisotopic (exact) mass is 285 g/mol. The van der Waals surface area contributed by atoms with Crippen LogP contribution < -0.4 is 10.5 Å². The van der Waals surface area contributed by atoms with Crippen molar-refractivity contribution in [2.45, 2.75) is 12.5 Å². The lowest BCUT2D eigenvalue weighted by atomic mass is 10.0. The SMILES string of the molecule is COc1ccc(C(N)Cc2ccc(Cl)s2)cc1F. The molecule has 0 saturated carbocycles. The van der Waals surface area contributed by atoms with Gasteiger partial charge in [0.15, 0.2) is 11.6 Å². The molecule has 1 unspecified atom stereocenters. The minimum Gasteiger partial charge on any atom is -0.494 e. The Morgan fingerprint density at radius 1 is 1.39 bits per heavy atom. The number of methoxy groups -OCH3 is 1. The van der Waals surface area contributed by atoms with E-state index in [2.05, 4.69) is 0 Å². The summed E-state index contributed by atoms with van der Waals surface area (Å²) in [7, 11) is 1.44. The zero-order chi connectivity index (χ0) is 13.1. The Balaban J connectivity index is 2.13. The average Bonchev–Trinajstić information content (AvgIpc) is 2.74. The van der Waals surface area contributed by atoms with E-state index in [0.29, 0.717) is 6.42 Å². The standard InChI is InChI=1S/C13H13ClFNOS/c1-17-12-4-2-8(6-10(12)15)11(16)7-9-3-5-13(14)18-9/h2-6,11H,7,16H2,1H3. The summed E-state index contributed by atoms with van der Waals surface area (Å²) in [6, 6.07) is 8.31. The lowest BCUT2D eigenvalue weighted by molar-refractivity contribution is 0.386. The van der Waals surface area contributed by atoms with Crippen LogP contribution in [0.4, 0.5) is 4.39 Å². The van der Waals surface area contributed by atoms with Crippen LogP contribution in [0.5, 0.6) is 5.75 Å². The molecule has 2 nitrogen and oxygen atoms in total. The van der Waals surface area contributed by atoms with E-state index < -0.39 is 5.82 Å². The van der Waals surface area contributed by atoms with Gasteiger partial charge in [-0.15, -0.1) is 11.3 Å². The molecule has 2 N–H and O–H groups in total. The summed E-state index contributed by atoms with van der Waals surface area (Å²) in [5, 5.41) is 0. The molecule has 18 heavy (non-hydrogen) atoms. The van der Waals surface area contributed by atoms with Crippen molar-refractivity contribution in [3.63, 3.8) is 0 Å². The molecule has 0 fully saturated rings. The summed E-state index contributed by atoms with van der Waals surface area (Å²) in [5.74, 6) is -0.167. The zero-order valence-electron chi connectivity index (χ0n) is 9.82. The first-order valence-corrected chi connectivity index (χ1v) is 6.63.